The molecule has 0 spiro atoms. The average Bonchev–Trinajstić information content (AvgIpc) is 2.67. The van der Waals surface area contributed by atoms with Crippen LogP contribution in [0.5, 0.6) is 5.75 Å². The van der Waals surface area contributed by atoms with Crippen molar-refractivity contribution >= 4 is 41.5 Å². The summed E-state index contributed by atoms with van der Waals surface area (Å²) in [6.45, 7) is 6.63. The first-order valence-corrected chi connectivity index (χ1v) is 10.1. The van der Waals surface area contributed by atoms with Crippen LogP contribution in [0.4, 0.5) is 0 Å². The standard InChI is InChI=1S/C20H33ClN4O.HI/c1-4-5-12-25-13-9-17(10-14-25)24-20(22-2)23-11-8-16-6-7-18(26-3)15-19(16)21;/h6-7,15,17H,4-5,8-14H2,1-3H3,(H2,22,23,24);1H. The van der Waals surface area contributed by atoms with Gasteiger partial charge in [0.1, 0.15) is 5.75 Å². The van der Waals surface area contributed by atoms with Crippen LogP contribution in [0.25, 0.3) is 0 Å². The quantitative estimate of drug-likeness (QED) is 0.317. The van der Waals surface area contributed by atoms with E-state index in [9.17, 15) is 0 Å². The number of nitrogens with zero attached hydrogens (tertiary/aromatic N) is 2. The molecular weight excluding hydrogens is 475 g/mol. The number of unbranched alkanes of at least 4 members (excludes halogenated alkanes) is 1. The normalized spacial score (nSPS) is 15.9. The predicted molar refractivity (Wildman–Crippen MR) is 126 cm³/mol. The Labute approximate surface area is 186 Å². The van der Waals surface area contributed by atoms with Crippen LogP contribution in [0, 0.1) is 0 Å². The second-order valence-electron chi connectivity index (χ2n) is 6.82. The maximum Gasteiger partial charge on any atom is 0.191 e. The van der Waals surface area contributed by atoms with E-state index in [1.54, 1.807) is 7.11 Å². The zero-order chi connectivity index (χ0) is 18.8. The lowest BCUT2D eigenvalue weighted by Crippen LogP contribution is -2.49. The van der Waals surface area contributed by atoms with Gasteiger partial charge in [0.2, 0.25) is 0 Å². The van der Waals surface area contributed by atoms with Crippen molar-refractivity contribution in [1.82, 2.24) is 15.5 Å². The number of benzene rings is 1. The fraction of sp³-hybridized carbons (Fsp3) is 0.650. The fourth-order valence-electron chi connectivity index (χ4n) is 3.24. The van der Waals surface area contributed by atoms with Gasteiger partial charge in [-0.3, -0.25) is 4.99 Å². The summed E-state index contributed by atoms with van der Waals surface area (Å²) >= 11 is 6.30. The first kappa shape index (κ1) is 24.3. The Hall–Kier alpha value is -0.730. The van der Waals surface area contributed by atoms with Gasteiger partial charge in [-0.25, -0.2) is 0 Å². The Morgan fingerprint density at radius 3 is 2.67 bits per heavy atom. The second kappa shape index (κ2) is 13.4. The molecule has 1 aliphatic heterocycles. The number of halogens is 2. The average molecular weight is 509 g/mol. The topological polar surface area (TPSA) is 48.9 Å². The molecular formula is C20H34ClIN4O. The highest BCUT2D eigenvalue weighted by atomic mass is 127. The highest BCUT2D eigenvalue weighted by Crippen LogP contribution is 2.22. The molecule has 1 aromatic carbocycles. The van der Waals surface area contributed by atoms with Crippen molar-refractivity contribution < 1.29 is 4.74 Å². The summed E-state index contributed by atoms with van der Waals surface area (Å²) in [5, 5.41) is 7.71. The van der Waals surface area contributed by atoms with Gasteiger partial charge >= 0.3 is 0 Å². The number of likely N-dealkylation sites (tertiary alicyclic amines) is 1. The van der Waals surface area contributed by atoms with Crippen molar-refractivity contribution in [3.8, 4) is 5.75 Å². The van der Waals surface area contributed by atoms with Crippen molar-refractivity contribution in [2.24, 2.45) is 4.99 Å². The van der Waals surface area contributed by atoms with Crippen LogP contribution in [0.15, 0.2) is 23.2 Å². The fourth-order valence-corrected chi connectivity index (χ4v) is 3.51. The van der Waals surface area contributed by atoms with E-state index in [1.165, 1.54) is 45.3 Å². The molecule has 0 radical (unpaired) electrons. The Balaban J connectivity index is 0.00000364. The highest BCUT2D eigenvalue weighted by Gasteiger charge is 2.19. The van der Waals surface area contributed by atoms with Gasteiger partial charge in [0.25, 0.3) is 0 Å². The Bertz CT molecular complexity index is 577. The number of nitrogens with one attached hydrogen (secondary N) is 2. The number of hydrogen-bond acceptors (Lipinski definition) is 3. The Kier molecular flexibility index (Phi) is 12.1. The van der Waals surface area contributed by atoms with E-state index >= 15 is 0 Å². The number of hydrogen-bond donors (Lipinski definition) is 2. The van der Waals surface area contributed by atoms with Crippen LogP contribution >= 0.6 is 35.6 Å². The van der Waals surface area contributed by atoms with Gasteiger partial charge in [-0.15, -0.1) is 24.0 Å². The molecule has 0 aliphatic carbocycles. The minimum absolute atomic E-state index is 0. The molecule has 5 nitrogen and oxygen atoms in total. The maximum atomic E-state index is 6.30. The lowest BCUT2D eigenvalue weighted by Gasteiger charge is -2.33. The highest BCUT2D eigenvalue weighted by molar-refractivity contribution is 14.0. The first-order valence-electron chi connectivity index (χ1n) is 9.68. The minimum Gasteiger partial charge on any atom is -0.497 e. The number of aliphatic imine (C=N–C) groups is 1. The molecule has 1 saturated heterocycles. The van der Waals surface area contributed by atoms with Crippen molar-refractivity contribution in [3.05, 3.63) is 28.8 Å². The van der Waals surface area contributed by atoms with Gasteiger partial charge in [0.05, 0.1) is 7.11 Å². The van der Waals surface area contributed by atoms with Crippen molar-refractivity contribution in [2.45, 2.75) is 45.1 Å². The van der Waals surface area contributed by atoms with Crippen LogP contribution in [0.1, 0.15) is 38.2 Å². The molecule has 0 atom stereocenters. The SMILES string of the molecule is CCCCN1CCC(NC(=NC)NCCc2ccc(OC)cc2Cl)CC1.I. The van der Waals surface area contributed by atoms with Crippen LogP contribution in [-0.2, 0) is 6.42 Å². The van der Waals surface area contributed by atoms with E-state index in [-0.39, 0.29) is 24.0 Å². The summed E-state index contributed by atoms with van der Waals surface area (Å²) < 4.78 is 5.19. The van der Waals surface area contributed by atoms with E-state index < -0.39 is 0 Å². The number of piperidine rings is 1. The molecule has 0 saturated carbocycles. The van der Waals surface area contributed by atoms with Crippen LogP contribution in [0.2, 0.25) is 5.02 Å². The molecule has 1 heterocycles. The third-order valence-electron chi connectivity index (χ3n) is 4.93. The summed E-state index contributed by atoms with van der Waals surface area (Å²) in [7, 11) is 3.48. The number of guanidine groups is 1. The van der Waals surface area contributed by atoms with Crippen LogP contribution in [-0.4, -0.2) is 57.2 Å². The molecule has 1 fully saturated rings. The predicted octanol–water partition coefficient (Wildman–Crippen LogP) is 3.94. The number of methoxy groups -OCH3 is 1. The van der Waals surface area contributed by atoms with Gasteiger partial charge < -0.3 is 20.3 Å². The Morgan fingerprint density at radius 2 is 2.07 bits per heavy atom. The first-order chi connectivity index (χ1) is 12.7. The summed E-state index contributed by atoms with van der Waals surface area (Å²) in [6.07, 6.45) is 5.77. The van der Waals surface area contributed by atoms with E-state index in [1.807, 2.05) is 25.2 Å². The lowest BCUT2D eigenvalue weighted by molar-refractivity contribution is 0.203. The molecule has 0 aromatic heterocycles. The minimum atomic E-state index is 0. The molecule has 2 N–H and O–H groups in total. The zero-order valence-corrected chi connectivity index (χ0v) is 19.8. The number of ether oxygens (including phenoxy) is 1. The van der Waals surface area contributed by atoms with Crippen molar-refractivity contribution in [1.29, 1.82) is 0 Å². The largest absolute Gasteiger partial charge is 0.497 e. The second-order valence-corrected chi connectivity index (χ2v) is 7.23. The third kappa shape index (κ3) is 8.44. The van der Waals surface area contributed by atoms with Gasteiger partial charge in [-0.05, 0) is 49.9 Å². The van der Waals surface area contributed by atoms with Crippen molar-refractivity contribution in [3.63, 3.8) is 0 Å². The van der Waals surface area contributed by atoms with Crippen molar-refractivity contribution in [2.75, 3.05) is 40.3 Å². The van der Waals surface area contributed by atoms with E-state index in [0.29, 0.717) is 6.04 Å². The van der Waals surface area contributed by atoms with Gasteiger partial charge in [0.15, 0.2) is 5.96 Å². The van der Waals surface area contributed by atoms with Crippen LogP contribution in [0.3, 0.4) is 0 Å². The Morgan fingerprint density at radius 1 is 1.33 bits per heavy atom. The molecule has 154 valence electrons. The van der Waals surface area contributed by atoms with Gasteiger partial charge in [0, 0.05) is 37.7 Å². The summed E-state index contributed by atoms with van der Waals surface area (Å²) in [4.78, 5) is 6.93. The van der Waals surface area contributed by atoms with E-state index in [4.69, 9.17) is 16.3 Å². The summed E-state index contributed by atoms with van der Waals surface area (Å²) in [6, 6.07) is 6.32. The molecule has 7 heteroatoms. The zero-order valence-electron chi connectivity index (χ0n) is 16.8. The molecule has 0 unspecified atom stereocenters. The molecule has 2 rings (SSSR count). The molecule has 0 amide bonds. The lowest BCUT2D eigenvalue weighted by atomic mass is 10.0. The third-order valence-corrected chi connectivity index (χ3v) is 5.28. The molecule has 27 heavy (non-hydrogen) atoms. The number of rotatable bonds is 8. The van der Waals surface area contributed by atoms with E-state index in [2.05, 4.69) is 27.4 Å². The summed E-state index contributed by atoms with van der Waals surface area (Å²) in [5.74, 6) is 1.66. The molecule has 1 aromatic rings. The van der Waals surface area contributed by atoms with E-state index in [0.717, 1.165) is 35.3 Å². The maximum absolute atomic E-state index is 6.30. The molecule has 0 bridgehead atoms. The monoisotopic (exact) mass is 508 g/mol. The van der Waals surface area contributed by atoms with Crippen LogP contribution < -0.4 is 15.4 Å². The molecule has 1 aliphatic rings. The smallest absolute Gasteiger partial charge is 0.191 e. The summed E-state index contributed by atoms with van der Waals surface area (Å²) in [5.41, 5.74) is 1.11. The van der Waals surface area contributed by atoms with Gasteiger partial charge in [-0.1, -0.05) is 31.0 Å². The van der Waals surface area contributed by atoms with Gasteiger partial charge in [-0.2, -0.15) is 0 Å².